The number of carboxylic acids is 2. The predicted molar refractivity (Wildman–Crippen MR) is 43.4 cm³/mol. The minimum absolute atomic E-state index is 0.522. The molecule has 6 nitrogen and oxygen atoms in total. The summed E-state index contributed by atoms with van der Waals surface area (Å²) < 4.78 is 11.0. The number of aliphatic carboxylic acids is 2. The zero-order valence-electron chi connectivity index (χ0n) is 6.58. The lowest BCUT2D eigenvalue weighted by molar-refractivity contribution is -0.133. The van der Waals surface area contributed by atoms with Crippen LogP contribution in [0.1, 0.15) is 0 Å². The third-order valence-corrected chi connectivity index (χ3v) is 2.61. The molecule has 0 aromatic heterocycles. The van der Waals surface area contributed by atoms with Gasteiger partial charge >= 0.3 is 11.9 Å². The molecule has 3 N–H and O–H groups in total. The normalized spacial score (nSPS) is 11.2. The van der Waals surface area contributed by atoms with Crippen molar-refractivity contribution in [2.45, 2.75) is 0 Å². The van der Waals surface area contributed by atoms with Gasteiger partial charge in [0.25, 0.3) is 0 Å². The lowest BCUT2D eigenvalue weighted by Gasteiger charge is -2.07. The van der Waals surface area contributed by atoms with Gasteiger partial charge in [0.1, 0.15) is 0 Å². The molecular weight excluding hydrogens is 199 g/mol. The minimum atomic E-state index is -3.67. The van der Waals surface area contributed by atoms with Crippen LogP contribution in [-0.4, -0.2) is 39.4 Å². The molecule has 2 radical (unpaired) electrons. The number of hydrogen-bond donors (Lipinski definition) is 3. The van der Waals surface area contributed by atoms with Gasteiger partial charge in [-0.25, -0.2) is 0 Å². The van der Waals surface area contributed by atoms with Crippen molar-refractivity contribution in [3.63, 3.8) is 0 Å². The summed E-state index contributed by atoms with van der Waals surface area (Å²) in [6, 6.07) is 0. The van der Waals surface area contributed by atoms with E-state index < -0.39 is 31.6 Å². The van der Waals surface area contributed by atoms with E-state index in [0.717, 1.165) is 0 Å². The molecule has 0 aliphatic heterocycles. The fourth-order valence-electron chi connectivity index (χ4n) is 0.516. The van der Waals surface area contributed by atoms with Gasteiger partial charge in [0.15, 0.2) is 0 Å². The molecular formula is C6H9O6P. The third kappa shape index (κ3) is 7.49. The van der Waals surface area contributed by atoms with Gasteiger partial charge in [-0.2, -0.15) is 0 Å². The fraction of sp³-hybridized carbons (Fsp3) is 0.333. The molecule has 0 atom stereocenters. The van der Waals surface area contributed by atoms with Crippen LogP contribution < -0.4 is 0 Å². The van der Waals surface area contributed by atoms with Crippen molar-refractivity contribution in [2.24, 2.45) is 0 Å². The molecule has 0 amide bonds. The van der Waals surface area contributed by atoms with Crippen LogP contribution in [0, 0.1) is 12.8 Å². The molecule has 0 unspecified atom stereocenters. The van der Waals surface area contributed by atoms with Gasteiger partial charge in [0, 0.05) is 12.3 Å². The maximum absolute atomic E-state index is 11.0. The first-order valence-corrected chi connectivity index (χ1v) is 5.29. The van der Waals surface area contributed by atoms with E-state index in [1.165, 1.54) is 0 Å². The van der Waals surface area contributed by atoms with E-state index in [4.69, 9.17) is 15.1 Å². The van der Waals surface area contributed by atoms with Gasteiger partial charge < -0.3 is 15.1 Å². The number of carboxylic acid groups (broad SMARTS) is 2. The summed E-state index contributed by atoms with van der Waals surface area (Å²) in [6.07, 6.45) is 0.227. The Kier molecular flexibility index (Phi) is 4.66. The Morgan fingerprint density at radius 1 is 1.08 bits per heavy atom. The first-order chi connectivity index (χ1) is 5.83. The quantitative estimate of drug-likeness (QED) is 0.522. The predicted octanol–water partition coefficient (Wildman–Crippen LogP) is -0.165. The van der Waals surface area contributed by atoms with Crippen molar-refractivity contribution >= 4 is 19.3 Å². The summed E-state index contributed by atoms with van der Waals surface area (Å²) >= 11 is 0. The van der Waals surface area contributed by atoms with E-state index in [1.54, 1.807) is 0 Å². The molecule has 0 aromatic carbocycles. The maximum Gasteiger partial charge on any atom is 0.307 e. The van der Waals surface area contributed by atoms with Gasteiger partial charge in [0.05, 0.1) is 12.8 Å². The molecule has 13 heavy (non-hydrogen) atoms. The van der Waals surface area contributed by atoms with Crippen LogP contribution in [0.15, 0.2) is 0 Å². The molecule has 0 heterocycles. The highest BCUT2D eigenvalue weighted by molar-refractivity contribution is 7.58. The van der Waals surface area contributed by atoms with E-state index in [-0.39, 0.29) is 0 Å². The largest absolute Gasteiger partial charge is 0.481 e. The van der Waals surface area contributed by atoms with Gasteiger partial charge in [-0.1, -0.05) is 0 Å². The standard InChI is InChI=1S/C6H9O6P/c7-5(8)1-3-13(11,12)4-2-6(9)10/h1-2H,3-4H2,(H,7,8)(H,9,10)(H,11,12). The first-order valence-electron chi connectivity index (χ1n) is 3.26. The van der Waals surface area contributed by atoms with E-state index in [0.29, 0.717) is 12.8 Å². The molecule has 7 heteroatoms. The number of carbonyl (C=O) groups is 2. The average molecular weight is 208 g/mol. The minimum Gasteiger partial charge on any atom is -0.481 e. The van der Waals surface area contributed by atoms with E-state index in [1.807, 2.05) is 0 Å². The molecule has 0 aliphatic carbocycles. The van der Waals surface area contributed by atoms with Gasteiger partial charge in [-0.05, 0) is 0 Å². The molecule has 0 aliphatic rings. The van der Waals surface area contributed by atoms with Crippen LogP contribution in [0.2, 0.25) is 0 Å². The maximum atomic E-state index is 11.0. The molecule has 0 aromatic rings. The van der Waals surface area contributed by atoms with Crippen LogP contribution in [-0.2, 0) is 14.2 Å². The topological polar surface area (TPSA) is 112 Å². The van der Waals surface area contributed by atoms with Crippen molar-refractivity contribution in [1.29, 1.82) is 0 Å². The van der Waals surface area contributed by atoms with Gasteiger partial charge in [0.2, 0.25) is 7.37 Å². The molecule has 0 saturated heterocycles. The van der Waals surface area contributed by atoms with E-state index in [2.05, 4.69) is 0 Å². The summed E-state index contributed by atoms with van der Waals surface area (Å²) in [5.74, 6) is -2.60. The SMILES string of the molecule is O=C(O)[CH]CP(=O)(O)C[CH]C(=O)O. The Balaban J connectivity index is 3.87. The summed E-state index contributed by atoms with van der Waals surface area (Å²) in [5.41, 5.74) is 0. The number of hydrogen-bond acceptors (Lipinski definition) is 3. The lowest BCUT2D eigenvalue weighted by atomic mass is 10.5. The Hall–Kier alpha value is -0.870. The first kappa shape index (κ1) is 12.1. The number of rotatable bonds is 6. The molecule has 0 bridgehead atoms. The third-order valence-electron chi connectivity index (χ3n) is 1.10. The summed E-state index contributed by atoms with van der Waals surface area (Å²) in [5, 5.41) is 16.3. The molecule has 0 saturated carbocycles. The lowest BCUT2D eigenvalue weighted by Crippen LogP contribution is -2.06. The van der Waals surface area contributed by atoms with E-state index in [9.17, 15) is 14.2 Å². The van der Waals surface area contributed by atoms with Gasteiger partial charge in [-0.3, -0.25) is 14.2 Å². The fourth-order valence-corrected chi connectivity index (χ4v) is 1.55. The monoisotopic (exact) mass is 208 g/mol. The molecule has 0 rings (SSSR count). The van der Waals surface area contributed by atoms with E-state index >= 15 is 0 Å². The zero-order chi connectivity index (χ0) is 10.5. The highest BCUT2D eigenvalue weighted by Crippen LogP contribution is 2.40. The Labute approximate surface area is 74.6 Å². The summed E-state index contributed by atoms with van der Waals surface area (Å²) in [7, 11) is -3.67. The van der Waals surface area contributed by atoms with Crippen molar-refractivity contribution in [1.82, 2.24) is 0 Å². The zero-order valence-corrected chi connectivity index (χ0v) is 7.48. The van der Waals surface area contributed by atoms with Gasteiger partial charge in [-0.15, -0.1) is 0 Å². The Bertz CT molecular complexity index is 226. The molecule has 0 fully saturated rings. The Morgan fingerprint density at radius 3 is 1.62 bits per heavy atom. The van der Waals surface area contributed by atoms with Crippen molar-refractivity contribution in [3.8, 4) is 0 Å². The van der Waals surface area contributed by atoms with Crippen LogP contribution >= 0.6 is 7.37 Å². The van der Waals surface area contributed by atoms with Crippen LogP contribution in [0.3, 0.4) is 0 Å². The van der Waals surface area contributed by atoms with Crippen molar-refractivity contribution in [2.75, 3.05) is 12.3 Å². The summed E-state index contributed by atoms with van der Waals surface area (Å²) in [6.45, 7) is 0. The smallest absolute Gasteiger partial charge is 0.307 e. The summed E-state index contributed by atoms with van der Waals surface area (Å²) in [4.78, 5) is 28.9. The van der Waals surface area contributed by atoms with Crippen LogP contribution in [0.25, 0.3) is 0 Å². The second kappa shape index (κ2) is 4.99. The van der Waals surface area contributed by atoms with Crippen molar-refractivity contribution < 1.29 is 29.3 Å². The van der Waals surface area contributed by atoms with Crippen LogP contribution in [0.4, 0.5) is 0 Å². The average Bonchev–Trinajstić information content (AvgIpc) is 1.98. The van der Waals surface area contributed by atoms with Crippen LogP contribution in [0.5, 0.6) is 0 Å². The molecule has 74 valence electrons. The Morgan fingerprint density at radius 2 is 1.38 bits per heavy atom. The highest BCUT2D eigenvalue weighted by atomic mass is 31.2. The second-order valence-corrected chi connectivity index (χ2v) is 4.72. The van der Waals surface area contributed by atoms with Crippen molar-refractivity contribution in [3.05, 3.63) is 12.8 Å². The molecule has 0 spiro atoms. The second-order valence-electron chi connectivity index (χ2n) is 2.30. The highest BCUT2D eigenvalue weighted by Gasteiger charge is 2.21.